The van der Waals surface area contributed by atoms with Crippen LogP contribution in [0.4, 0.5) is 0 Å². The predicted octanol–water partition coefficient (Wildman–Crippen LogP) is 1.11. The van der Waals surface area contributed by atoms with Crippen molar-refractivity contribution in [1.29, 1.82) is 0 Å². The number of carbonyl (C=O) groups is 1. The summed E-state index contributed by atoms with van der Waals surface area (Å²) < 4.78 is 0. The normalized spacial score (nSPS) is 10.2. The van der Waals surface area contributed by atoms with Gasteiger partial charge in [-0.3, -0.25) is 19.7 Å². The Morgan fingerprint density at radius 1 is 1.41 bits per heavy atom. The van der Waals surface area contributed by atoms with E-state index in [2.05, 4.69) is 15.2 Å². The second-order valence-electron chi connectivity index (χ2n) is 3.37. The molecule has 0 saturated heterocycles. The van der Waals surface area contributed by atoms with Gasteiger partial charge in [0.15, 0.2) is 0 Å². The molecule has 0 unspecified atom stereocenters. The number of carbonyl (C=O) groups excluding carboxylic acids is 1. The maximum absolute atomic E-state index is 11.7. The average Bonchev–Trinajstić information content (AvgIpc) is 2.87. The molecule has 0 aliphatic heterocycles. The van der Waals surface area contributed by atoms with Crippen LogP contribution in [0.5, 0.6) is 0 Å². The molecule has 6 heteroatoms. The van der Waals surface area contributed by atoms with Gasteiger partial charge in [-0.15, -0.1) is 0 Å². The van der Waals surface area contributed by atoms with Gasteiger partial charge in [0.2, 0.25) is 0 Å². The Morgan fingerprint density at radius 2 is 2.24 bits per heavy atom. The van der Waals surface area contributed by atoms with Gasteiger partial charge in [-0.25, -0.2) is 5.06 Å². The molecule has 0 aromatic carbocycles. The largest absolute Gasteiger partial charge is 0.295 e. The van der Waals surface area contributed by atoms with Gasteiger partial charge in [0, 0.05) is 13.2 Å². The van der Waals surface area contributed by atoms with Crippen LogP contribution in [-0.2, 0) is 4.84 Å². The monoisotopic (exact) mass is 232 g/mol. The number of aromatic amines is 1. The summed E-state index contributed by atoms with van der Waals surface area (Å²) in [6.07, 6.45) is 1.67. The van der Waals surface area contributed by atoms with Crippen LogP contribution in [0.15, 0.2) is 30.5 Å². The first-order chi connectivity index (χ1) is 8.22. The summed E-state index contributed by atoms with van der Waals surface area (Å²) in [4.78, 5) is 20.7. The molecule has 2 aromatic rings. The average molecular weight is 232 g/mol. The number of pyridine rings is 1. The number of aromatic nitrogens is 3. The number of hydrogen-bond acceptors (Lipinski definition) is 4. The van der Waals surface area contributed by atoms with E-state index in [1.807, 2.05) is 18.2 Å². The third kappa shape index (κ3) is 2.31. The van der Waals surface area contributed by atoms with Gasteiger partial charge in [-0.05, 0) is 18.2 Å². The number of nitrogens with zero attached hydrogens (tertiary/aromatic N) is 3. The van der Waals surface area contributed by atoms with Gasteiger partial charge >= 0.3 is 0 Å². The molecule has 1 N–H and O–H groups in total. The predicted molar refractivity (Wildman–Crippen MR) is 60.9 cm³/mol. The Kier molecular flexibility index (Phi) is 3.15. The quantitative estimate of drug-likeness (QED) is 0.804. The minimum Gasteiger partial charge on any atom is -0.274 e. The highest BCUT2D eigenvalue weighted by Crippen LogP contribution is 2.14. The van der Waals surface area contributed by atoms with Crippen LogP contribution >= 0.6 is 0 Å². The van der Waals surface area contributed by atoms with E-state index in [0.717, 1.165) is 5.06 Å². The summed E-state index contributed by atoms with van der Waals surface area (Å²) in [5.41, 5.74) is 1.69. The summed E-state index contributed by atoms with van der Waals surface area (Å²) in [5, 5.41) is 7.81. The van der Waals surface area contributed by atoms with Gasteiger partial charge in [-0.2, -0.15) is 5.10 Å². The lowest BCUT2D eigenvalue weighted by molar-refractivity contribution is -0.0760. The first kappa shape index (κ1) is 11.3. The molecule has 0 bridgehead atoms. The summed E-state index contributed by atoms with van der Waals surface area (Å²) >= 11 is 0. The smallest absolute Gasteiger partial charge is 0.274 e. The molecule has 0 aliphatic carbocycles. The van der Waals surface area contributed by atoms with Crippen molar-refractivity contribution >= 4 is 5.91 Å². The lowest BCUT2D eigenvalue weighted by Crippen LogP contribution is -2.25. The van der Waals surface area contributed by atoms with Gasteiger partial charge < -0.3 is 0 Å². The molecule has 0 atom stereocenters. The highest BCUT2D eigenvalue weighted by atomic mass is 16.7. The van der Waals surface area contributed by atoms with Gasteiger partial charge in [0.1, 0.15) is 11.4 Å². The fourth-order valence-electron chi connectivity index (χ4n) is 1.33. The van der Waals surface area contributed by atoms with Gasteiger partial charge in [0.25, 0.3) is 5.91 Å². The molecule has 88 valence electrons. The first-order valence-corrected chi connectivity index (χ1v) is 5.01. The zero-order chi connectivity index (χ0) is 12.3. The molecule has 17 heavy (non-hydrogen) atoms. The number of hydroxylamine groups is 2. The van der Waals surface area contributed by atoms with Crippen molar-refractivity contribution in [2.24, 2.45) is 0 Å². The Hall–Kier alpha value is -2.21. The lowest BCUT2D eigenvalue weighted by atomic mass is 10.2. The Morgan fingerprint density at radius 3 is 2.88 bits per heavy atom. The van der Waals surface area contributed by atoms with Crippen molar-refractivity contribution in [3.05, 3.63) is 36.2 Å². The molecule has 2 rings (SSSR count). The number of rotatable bonds is 3. The van der Waals surface area contributed by atoms with Crippen LogP contribution < -0.4 is 0 Å². The molecule has 2 heterocycles. The maximum atomic E-state index is 11.7. The van der Waals surface area contributed by atoms with Gasteiger partial charge in [-0.1, -0.05) is 6.07 Å². The maximum Gasteiger partial charge on any atom is 0.295 e. The number of H-pyrrole nitrogens is 1. The molecule has 0 aliphatic rings. The van der Waals surface area contributed by atoms with Gasteiger partial charge in [0.05, 0.1) is 12.8 Å². The van der Waals surface area contributed by atoms with Crippen LogP contribution in [0.1, 0.15) is 10.5 Å². The number of amides is 1. The van der Waals surface area contributed by atoms with E-state index >= 15 is 0 Å². The third-order valence-corrected chi connectivity index (χ3v) is 2.30. The van der Waals surface area contributed by atoms with E-state index in [1.54, 1.807) is 12.3 Å². The first-order valence-electron chi connectivity index (χ1n) is 5.01. The molecule has 1 amide bonds. The zero-order valence-corrected chi connectivity index (χ0v) is 9.54. The summed E-state index contributed by atoms with van der Waals surface area (Å²) in [6, 6.07) is 7.14. The fraction of sp³-hybridized carbons (Fsp3) is 0.182. The second kappa shape index (κ2) is 4.75. The van der Waals surface area contributed by atoms with E-state index in [-0.39, 0.29) is 5.91 Å². The topological polar surface area (TPSA) is 71.1 Å². The number of nitrogens with one attached hydrogen (secondary N) is 1. The zero-order valence-electron chi connectivity index (χ0n) is 9.54. The standard InChI is InChI=1S/C11H12N4O2/c1-15(17-2)11(16)10-7-9(13-14-10)8-5-3-4-6-12-8/h3-7H,1-2H3,(H,13,14). The Bertz CT molecular complexity index is 509. The van der Waals surface area contributed by atoms with Crippen molar-refractivity contribution in [1.82, 2.24) is 20.2 Å². The highest BCUT2D eigenvalue weighted by molar-refractivity contribution is 5.92. The van der Waals surface area contributed by atoms with E-state index < -0.39 is 0 Å². The molecular formula is C11H12N4O2. The highest BCUT2D eigenvalue weighted by Gasteiger charge is 2.15. The Balaban J connectivity index is 2.25. The van der Waals surface area contributed by atoms with Crippen molar-refractivity contribution in [3.63, 3.8) is 0 Å². The molecule has 6 nitrogen and oxygen atoms in total. The van der Waals surface area contributed by atoms with E-state index in [4.69, 9.17) is 4.84 Å². The van der Waals surface area contributed by atoms with Crippen molar-refractivity contribution in [3.8, 4) is 11.4 Å². The van der Waals surface area contributed by atoms with Crippen LogP contribution in [0.3, 0.4) is 0 Å². The molecule has 0 fully saturated rings. The molecule has 0 radical (unpaired) electrons. The van der Waals surface area contributed by atoms with E-state index in [9.17, 15) is 4.79 Å². The third-order valence-electron chi connectivity index (χ3n) is 2.30. The van der Waals surface area contributed by atoms with Crippen LogP contribution in [0.2, 0.25) is 0 Å². The van der Waals surface area contributed by atoms with Crippen molar-refractivity contribution < 1.29 is 9.63 Å². The van der Waals surface area contributed by atoms with Crippen molar-refractivity contribution in [2.75, 3.05) is 14.2 Å². The van der Waals surface area contributed by atoms with Crippen LogP contribution in [-0.4, -0.2) is 40.3 Å². The second-order valence-corrected chi connectivity index (χ2v) is 3.37. The van der Waals surface area contributed by atoms with Crippen molar-refractivity contribution in [2.45, 2.75) is 0 Å². The summed E-state index contributed by atoms with van der Waals surface area (Å²) in [5.74, 6) is -0.290. The van der Waals surface area contributed by atoms with Crippen LogP contribution in [0.25, 0.3) is 11.4 Å². The molecule has 2 aromatic heterocycles. The lowest BCUT2D eigenvalue weighted by Gasteiger charge is -2.11. The van der Waals surface area contributed by atoms with Crippen LogP contribution in [0, 0.1) is 0 Å². The Labute approximate surface area is 98.2 Å². The summed E-state index contributed by atoms with van der Waals surface area (Å²) in [7, 11) is 2.96. The molecule has 0 spiro atoms. The van der Waals surface area contributed by atoms with E-state index in [0.29, 0.717) is 17.1 Å². The molecular weight excluding hydrogens is 220 g/mol. The minimum atomic E-state index is -0.290. The number of hydrogen-bond donors (Lipinski definition) is 1. The minimum absolute atomic E-state index is 0.290. The fourth-order valence-corrected chi connectivity index (χ4v) is 1.33. The SMILES string of the molecule is CON(C)C(=O)c1cc(-c2ccccn2)n[nH]1. The van der Waals surface area contributed by atoms with E-state index in [1.165, 1.54) is 14.2 Å². The molecule has 0 saturated carbocycles. The summed E-state index contributed by atoms with van der Waals surface area (Å²) in [6.45, 7) is 0.